The topological polar surface area (TPSA) is 110 Å². The summed E-state index contributed by atoms with van der Waals surface area (Å²) >= 11 is 1.57. The fourth-order valence-corrected chi connectivity index (χ4v) is 4.22. The second-order valence-electron chi connectivity index (χ2n) is 5.96. The van der Waals surface area contributed by atoms with Crippen molar-refractivity contribution in [3.63, 3.8) is 0 Å². The van der Waals surface area contributed by atoms with Crippen LogP contribution in [0.2, 0.25) is 0 Å². The second kappa shape index (κ2) is 9.56. The summed E-state index contributed by atoms with van der Waals surface area (Å²) in [4.78, 5) is 23.9. The quantitative estimate of drug-likeness (QED) is 0.287. The van der Waals surface area contributed by atoms with Crippen LogP contribution in [0.15, 0.2) is 53.4 Å². The lowest BCUT2D eigenvalue weighted by molar-refractivity contribution is -0.385. The predicted molar refractivity (Wildman–Crippen MR) is 110 cm³/mol. The van der Waals surface area contributed by atoms with Crippen molar-refractivity contribution in [3.05, 3.63) is 64.2 Å². The summed E-state index contributed by atoms with van der Waals surface area (Å²) in [5, 5.41) is 13.8. The Labute approximate surface area is 168 Å². The van der Waals surface area contributed by atoms with Gasteiger partial charge in [0.1, 0.15) is 6.54 Å². The molecule has 0 saturated carbocycles. The van der Waals surface area contributed by atoms with Crippen LogP contribution >= 0.6 is 11.8 Å². The molecule has 0 spiro atoms. The Balaban J connectivity index is 2.04. The third-order valence-electron chi connectivity index (χ3n) is 3.87. The molecule has 0 radical (unpaired) electrons. The van der Waals surface area contributed by atoms with E-state index < -0.39 is 27.4 Å². The van der Waals surface area contributed by atoms with E-state index in [1.54, 1.807) is 11.8 Å². The normalized spacial score (nSPS) is 11.1. The molecule has 10 heteroatoms. The fraction of sp³-hybridized carbons (Fsp3) is 0.278. The molecule has 0 bridgehead atoms. The van der Waals surface area contributed by atoms with Crippen LogP contribution in [-0.4, -0.2) is 44.3 Å². The van der Waals surface area contributed by atoms with Gasteiger partial charge in [-0.1, -0.05) is 24.3 Å². The molecule has 1 N–H and O–H groups in total. The van der Waals surface area contributed by atoms with Gasteiger partial charge >= 0.3 is 0 Å². The number of nitrogens with zero attached hydrogens (tertiary/aromatic N) is 2. The van der Waals surface area contributed by atoms with Gasteiger partial charge in [-0.2, -0.15) is 0 Å². The highest BCUT2D eigenvalue weighted by molar-refractivity contribution is 7.99. The first-order valence-electron chi connectivity index (χ1n) is 8.36. The Hall–Kier alpha value is -2.59. The number of nitro benzene ring substituents is 1. The average molecular weight is 424 g/mol. The molecular weight excluding hydrogens is 402 g/mol. The molecule has 8 nitrogen and oxygen atoms in total. The average Bonchev–Trinajstić information content (AvgIpc) is 2.63. The first kappa shape index (κ1) is 21.7. The second-order valence-corrected chi connectivity index (χ2v) is 9.03. The summed E-state index contributed by atoms with van der Waals surface area (Å²) < 4.78 is 25.3. The maximum atomic E-state index is 12.3. The first-order chi connectivity index (χ1) is 13.2. The number of nitro groups is 1. The third kappa shape index (κ3) is 5.96. The minimum Gasteiger partial charge on any atom is -0.354 e. The van der Waals surface area contributed by atoms with Crippen molar-refractivity contribution >= 4 is 39.1 Å². The Bertz CT molecular complexity index is 949. The highest BCUT2D eigenvalue weighted by Gasteiger charge is 2.25. The predicted octanol–water partition coefficient (Wildman–Crippen LogP) is 2.58. The Morgan fingerprint density at radius 3 is 2.46 bits per heavy atom. The van der Waals surface area contributed by atoms with Crippen LogP contribution in [0.5, 0.6) is 0 Å². The zero-order valence-corrected chi connectivity index (χ0v) is 17.1. The molecule has 28 heavy (non-hydrogen) atoms. The van der Waals surface area contributed by atoms with Crippen LogP contribution in [0.3, 0.4) is 0 Å². The van der Waals surface area contributed by atoms with E-state index in [0.717, 1.165) is 15.5 Å². The molecule has 150 valence electrons. The van der Waals surface area contributed by atoms with Crippen molar-refractivity contribution < 1.29 is 18.1 Å². The van der Waals surface area contributed by atoms with Gasteiger partial charge in [-0.25, -0.2) is 8.42 Å². The fourth-order valence-electron chi connectivity index (χ4n) is 2.52. The molecule has 0 aliphatic carbocycles. The molecule has 0 aromatic heterocycles. The number of nitrogens with one attached hydrogen (secondary N) is 1. The number of hydrogen-bond acceptors (Lipinski definition) is 6. The van der Waals surface area contributed by atoms with Crippen molar-refractivity contribution in [1.82, 2.24) is 5.32 Å². The van der Waals surface area contributed by atoms with Crippen molar-refractivity contribution in [2.24, 2.45) is 0 Å². The van der Waals surface area contributed by atoms with E-state index in [4.69, 9.17) is 0 Å². The molecule has 2 aromatic rings. The zero-order chi connectivity index (χ0) is 20.7. The van der Waals surface area contributed by atoms with Crippen LogP contribution in [0, 0.1) is 17.0 Å². The molecule has 0 heterocycles. The highest BCUT2D eigenvalue weighted by atomic mass is 32.2. The van der Waals surface area contributed by atoms with Gasteiger partial charge in [0.15, 0.2) is 0 Å². The molecular formula is C18H21N3O5S2. The number of benzene rings is 2. The van der Waals surface area contributed by atoms with Crippen LogP contribution in [0.1, 0.15) is 5.56 Å². The van der Waals surface area contributed by atoms with Gasteiger partial charge in [0.25, 0.3) is 5.69 Å². The van der Waals surface area contributed by atoms with Gasteiger partial charge in [-0.3, -0.25) is 19.2 Å². The van der Waals surface area contributed by atoms with E-state index >= 15 is 0 Å². The van der Waals surface area contributed by atoms with Crippen molar-refractivity contribution in [2.75, 3.05) is 29.4 Å². The van der Waals surface area contributed by atoms with E-state index in [1.165, 1.54) is 25.1 Å². The van der Waals surface area contributed by atoms with Gasteiger partial charge in [0.2, 0.25) is 15.9 Å². The number of hydrogen-bond donors (Lipinski definition) is 1. The number of thioether (sulfide) groups is 1. The number of rotatable bonds is 9. The lowest BCUT2D eigenvalue weighted by Crippen LogP contribution is -2.41. The summed E-state index contributed by atoms with van der Waals surface area (Å²) in [6.45, 7) is 1.38. The zero-order valence-electron chi connectivity index (χ0n) is 15.5. The smallest absolute Gasteiger partial charge is 0.274 e. The SMILES string of the molecule is Cc1c(N(CC(=O)NCCSc2ccccc2)S(C)(=O)=O)cccc1[N+](=O)[O-]. The third-order valence-corrected chi connectivity index (χ3v) is 6.01. The Kier molecular flexibility index (Phi) is 7.41. The summed E-state index contributed by atoms with van der Waals surface area (Å²) in [6, 6.07) is 13.8. The van der Waals surface area contributed by atoms with Crippen LogP contribution in [0.4, 0.5) is 11.4 Å². The summed E-state index contributed by atoms with van der Waals surface area (Å²) in [5.41, 5.74) is 0.0988. The standard InChI is InChI=1S/C18H21N3O5S2/c1-14-16(9-6-10-17(14)21(23)24)20(28(2,25)26)13-18(22)19-11-12-27-15-7-4-3-5-8-15/h3-10H,11-13H2,1-2H3,(H,19,22). The van der Waals surface area contributed by atoms with E-state index in [9.17, 15) is 23.3 Å². The van der Waals surface area contributed by atoms with Crippen LogP contribution in [0.25, 0.3) is 0 Å². The van der Waals surface area contributed by atoms with Crippen LogP contribution < -0.4 is 9.62 Å². The van der Waals surface area contributed by atoms with Crippen molar-refractivity contribution in [2.45, 2.75) is 11.8 Å². The lowest BCUT2D eigenvalue weighted by Gasteiger charge is -2.23. The number of amides is 1. The maximum Gasteiger partial charge on any atom is 0.274 e. The van der Waals surface area contributed by atoms with Gasteiger partial charge < -0.3 is 5.32 Å². The van der Waals surface area contributed by atoms with Gasteiger partial charge in [-0.05, 0) is 25.1 Å². The Morgan fingerprint density at radius 1 is 1.18 bits per heavy atom. The molecule has 0 aliphatic heterocycles. The summed E-state index contributed by atoms with van der Waals surface area (Å²) in [6.07, 6.45) is 0.962. The van der Waals surface area contributed by atoms with E-state index in [0.29, 0.717) is 12.3 Å². The summed E-state index contributed by atoms with van der Waals surface area (Å²) in [7, 11) is -3.81. The largest absolute Gasteiger partial charge is 0.354 e. The number of carbonyl (C=O) groups is 1. The monoisotopic (exact) mass is 423 g/mol. The molecule has 0 fully saturated rings. The van der Waals surface area contributed by atoms with Gasteiger partial charge in [0, 0.05) is 23.3 Å². The molecule has 0 aliphatic rings. The molecule has 0 atom stereocenters. The molecule has 0 saturated heterocycles. The molecule has 0 unspecified atom stereocenters. The number of carbonyl (C=O) groups excluding carboxylic acids is 1. The molecule has 1 amide bonds. The molecule has 2 aromatic carbocycles. The number of sulfonamides is 1. The summed E-state index contributed by atoms with van der Waals surface area (Å²) in [5.74, 6) is 0.148. The van der Waals surface area contributed by atoms with Gasteiger partial charge in [-0.15, -0.1) is 11.8 Å². The minimum absolute atomic E-state index is 0.116. The van der Waals surface area contributed by atoms with Crippen molar-refractivity contribution in [1.29, 1.82) is 0 Å². The number of anilines is 1. The van der Waals surface area contributed by atoms with Gasteiger partial charge in [0.05, 0.1) is 22.4 Å². The van der Waals surface area contributed by atoms with Crippen molar-refractivity contribution in [3.8, 4) is 0 Å². The lowest BCUT2D eigenvalue weighted by atomic mass is 10.1. The van der Waals surface area contributed by atoms with Crippen LogP contribution in [-0.2, 0) is 14.8 Å². The molecule has 2 rings (SSSR count). The van der Waals surface area contributed by atoms with E-state index in [2.05, 4.69) is 5.32 Å². The first-order valence-corrected chi connectivity index (χ1v) is 11.2. The van der Waals surface area contributed by atoms with E-state index in [-0.39, 0.29) is 16.9 Å². The Morgan fingerprint density at radius 2 is 1.86 bits per heavy atom. The maximum absolute atomic E-state index is 12.3. The highest BCUT2D eigenvalue weighted by Crippen LogP contribution is 2.29. The van der Waals surface area contributed by atoms with E-state index in [1.807, 2.05) is 30.3 Å². The minimum atomic E-state index is -3.81.